The Kier molecular flexibility index (Phi) is 3.49. The van der Waals surface area contributed by atoms with E-state index in [9.17, 15) is 9.59 Å². The molecule has 0 bridgehead atoms. The van der Waals surface area contributed by atoms with E-state index in [0.717, 1.165) is 4.57 Å². The number of rotatable bonds is 4. The molecule has 0 radical (unpaired) electrons. The molecule has 0 fully saturated rings. The predicted molar refractivity (Wildman–Crippen MR) is 59.9 cm³/mol. The van der Waals surface area contributed by atoms with Crippen LogP contribution in [0.15, 0.2) is 28.4 Å². The molecule has 1 heterocycles. The minimum atomic E-state index is -0.424. The molecule has 0 amide bonds. The van der Waals surface area contributed by atoms with Crippen LogP contribution in [0.25, 0.3) is 0 Å². The summed E-state index contributed by atoms with van der Waals surface area (Å²) in [5.41, 5.74) is 4.87. The summed E-state index contributed by atoms with van der Waals surface area (Å²) in [5, 5.41) is 0. The lowest BCUT2D eigenvalue weighted by molar-refractivity contribution is 0.572. The van der Waals surface area contributed by atoms with Gasteiger partial charge in [-0.3, -0.25) is 13.9 Å². The average molecular weight is 209 g/mol. The first kappa shape index (κ1) is 11.3. The Bertz CT molecular complexity index is 471. The number of nitrogen functional groups attached to an aromatic ring is 1. The summed E-state index contributed by atoms with van der Waals surface area (Å²) in [6.45, 7) is 6.19. The van der Waals surface area contributed by atoms with Gasteiger partial charge >= 0.3 is 5.69 Å². The fraction of sp³-hybridized carbons (Fsp3) is 0.400. The van der Waals surface area contributed by atoms with Crippen molar-refractivity contribution in [1.82, 2.24) is 9.13 Å². The summed E-state index contributed by atoms with van der Waals surface area (Å²) in [6.07, 6.45) is 3.61. The van der Waals surface area contributed by atoms with E-state index in [1.165, 1.54) is 10.8 Å². The number of allylic oxidation sites excluding steroid dienone is 1. The minimum Gasteiger partial charge on any atom is -0.393 e. The van der Waals surface area contributed by atoms with Crippen LogP contribution in [0, 0.1) is 0 Å². The van der Waals surface area contributed by atoms with Gasteiger partial charge in [-0.15, -0.1) is 6.58 Å². The van der Waals surface area contributed by atoms with E-state index in [4.69, 9.17) is 5.73 Å². The van der Waals surface area contributed by atoms with Crippen molar-refractivity contribution in [2.45, 2.75) is 26.4 Å². The molecular weight excluding hydrogens is 194 g/mol. The Morgan fingerprint density at radius 3 is 2.73 bits per heavy atom. The highest BCUT2D eigenvalue weighted by Gasteiger charge is 2.06. The molecular formula is C10H15N3O2. The van der Waals surface area contributed by atoms with Gasteiger partial charge in [0, 0.05) is 19.3 Å². The first-order chi connectivity index (χ1) is 7.11. The first-order valence-corrected chi connectivity index (χ1v) is 4.82. The van der Waals surface area contributed by atoms with Gasteiger partial charge in [0.15, 0.2) is 0 Å². The van der Waals surface area contributed by atoms with Crippen LogP contribution in [-0.4, -0.2) is 9.13 Å². The molecule has 1 aromatic rings. The fourth-order valence-corrected chi connectivity index (χ4v) is 1.32. The zero-order valence-electron chi connectivity index (χ0n) is 8.77. The topological polar surface area (TPSA) is 70.0 Å². The Balaban J connectivity index is 3.34. The maximum atomic E-state index is 11.7. The Morgan fingerprint density at radius 2 is 2.20 bits per heavy atom. The molecule has 15 heavy (non-hydrogen) atoms. The van der Waals surface area contributed by atoms with Crippen LogP contribution in [-0.2, 0) is 13.1 Å². The van der Waals surface area contributed by atoms with Crippen molar-refractivity contribution in [3.63, 3.8) is 0 Å². The number of nitrogens with zero attached hydrogens (tertiary/aromatic N) is 2. The Morgan fingerprint density at radius 1 is 1.53 bits per heavy atom. The molecule has 1 rings (SSSR count). The molecule has 0 aromatic carbocycles. The van der Waals surface area contributed by atoms with Gasteiger partial charge in [0.2, 0.25) is 0 Å². The van der Waals surface area contributed by atoms with Crippen molar-refractivity contribution in [1.29, 1.82) is 0 Å². The van der Waals surface area contributed by atoms with Crippen LogP contribution < -0.4 is 17.0 Å². The monoisotopic (exact) mass is 209 g/mol. The second-order valence-electron chi connectivity index (χ2n) is 3.19. The molecule has 0 atom stereocenters. The third-order valence-electron chi connectivity index (χ3n) is 2.16. The van der Waals surface area contributed by atoms with Crippen molar-refractivity contribution in [3.8, 4) is 0 Å². The molecule has 0 saturated carbocycles. The molecule has 0 spiro atoms. The third-order valence-corrected chi connectivity index (χ3v) is 2.16. The average Bonchev–Trinajstić information content (AvgIpc) is 2.23. The van der Waals surface area contributed by atoms with Crippen LogP contribution in [0.2, 0.25) is 0 Å². The number of nitrogens with two attached hydrogens (primary N) is 1. The van der Waals surface area contributed by atoms with Crippen molar-refractivity contribution in [2.24, 2.45) is 0 Å². The second kappa shape index (κ2) is 4.63. The summed E-state index contributed by atoms with van der Waals surface area (Å²) in [6, 6.07) is 0. The lowest BCUT2D eigenvalue weighted by Crippen LogP contribution is -2.40. The van der Waals surface area contributed by atoms with Crippen LogP contribution >= 0.6 is 0 Å². The van der Waals surface area contributed by atoms with Gasteiger partial charge in [0.1, 0.15) is 5.69 Å². The van der Waals surface area contributed by atoms with Gasteiger partial charge in [0.25, 0.3) is 5.56 Å². The lowest BCUT2D eigenvalue weighted by Gasteiger charge is -2.08. The fourth-order valence-electron chi connectivity index (χ4n) is 1.32. The first-order valence-electron chi connectivity index (χ1n) is 4.82. The molecule has 0 unspecified atom stereocenters. The van der Waals surface area contributed by atoms with E-state index in [1.54, 1.807) is 6.08 Å². The standard InChI is InChI=1S/C10H15N3O2/c1-3-5-6-13-9(14)8(11)7-12(4-2)10(13)15/h3,7H,1,4-6,11H2,2H3. The van der Waals surface area contributed by atoms with Crippen molar-refractivity contribution >= 4 is 5.69 Å². The van der Waals surface area contributed by atoms with E-state index in [2.05, 4.69) is 6.58 Å². The van der Waals surface area contributed by atoms with Gasteiger partial charge in [-0.25, -0.2) is 4.79 Å². The molecule has 0 saturated heterocycles. The highest BCUT2D eigenvalue weighted by molar-refractivity contribution is 5.30. The van der Waals surface area contributed by atoms with E-state index < -0.39 is 5.56 Å². The molecule has 2 N–H and O–H groups in total. The summed E-state index contributed by atoms with van der Waals surface area (Å²) in [7, 11) is 0. The minimum absolute atomic E-state index is 0.0977. The van der Waals surface area contributed by atoms with E-state index >= 15 is 0 Å². The highest BCUT2D eigenvalue weighted by Crippen LogP contribution is 1.91. The molecule has 0 aliphatic carbocycles. The summed E-state index contributed by atoms with van der Waals surface area (Å²) in [4.78, 5) is 23.3. The third kappa shape index (κ3) is 2.18. The summed E-state index contributed by atoms with van der Waals surface area (Å²) in [5.74, 6) is 0. The summed E-state index contributed by atoms with van der Waals surface area (Å²) < 4.78 is 2.56. The molecule has 0 aliphatic rings. The lowest BCUT2D eigenvalue weighted by atomic mass is 10.4. The van der Waals surface area contributed by atoms with Gasteiger partial charge in [-0.1, -0.05) is 6.08 Å². The largest absolute Gasteiger partial charge is 0.393 e. The second-order valence-corrected chi connectivity index (χ2v) is 3.19. The van der Waals surface area contributed by atoms with Crippen LogP contribution in [0.3, 0.4) is 0 Å². The zero-order chi connectivity index (χ0) is 11.4. The normalized spacial score (nSPS) is 10.2. The zero-order valence-corrected chi connectivity index (χ0v) is 8.77. The van der Waals surface area contributed by atoms with E-state index in [1.807, 2.05) is 6.92 Å². The maximum Gasteiger partial charge on any atom is 0.331 e. The molecule has 5 nitrogen and oxygen atoms in total. The Hall–Kier alpha value is -1.78. The Labute approximate surface area is 87.5 Å². The van der Waals surface area contributed by atoms with E-state index in [0.29, 0.717) is 19.5 Å². The van der Waals surface area contributed by atoms with Crippen molar-refractivity contribution in [3.05, 3.63) is 39.7 Å². The van der Waals surface area contributed by atoms with Crippen LogP contribution in [0.5, 0.6) is 0 Å². The smallest absolute Gasteiger partial charge is 0.331 e. The SMILES string of the molecule is C=CCCn1c(=O)c(N)cn(CC)c1=O. The van der Waals surface area contributed by atoms with Crippen LogP contribution in [0.1, 0.15) is 13.3 Å². The van der Waals surface area contributed by atoms with E-state index in [-0.39, 0.29) is 11.4 Å². The van der Waals surface area contributed by atoms with Gasteiger partial charge in [0.05, 0.1) is 0 Å². The van der Waals surface area contributed by atoms with Crippen LogP contribution in [0.4, 0.5) is 5.69 Å². The predicted octanol–water partition coefficient (Wildman–Crippen LogP) is 0.188. The quantitative estimate of drug-likeness (QED) is 0.719. The highest BCUT2D eigenvalue weighted by atomic mass is 16.2. The number of aromatic nitrogens is 2. The molecule has 1 aromatic heterocycles. The summed E-state index contributed by atoms with van der Waals surface area (Å²) >= 11 is 0. The van der Waals surface area contributed by atoms with Gasteiger partial charge in [-0.05, 0) is 13.3 Å². The number of anilines is 1. The maximum absolute atomic E-state index is 11.7. The molecule has 5 heteroatoms. The van der Waals surface area contributed by atoms with Crippen molar-refractivity contribution < 1.29 is 0 Å². The van der Waals surface area contributed by atoms with Gasteiger partial charge in [-0.2, -0.15) is 0 Å². The molecule has 82 valence electrons. The number of aryl methyl sites for hydroxylation is 1. The number of hydrogen-bond acceptors (Lipinski definition) is 3. The number of hydrogen-bond donors (Lipinski definition) is 1. The molecule has 0 aliphatic heterocycles. The van der Waals surface area contributed by atoms with Crippen molar-refractivity contribution in [2.75, 3.05) is 5.73 Å². The van der Waals surface area contributed by atoms with Gasteiger partial charge < -0.3 is 5.73 Å².